The monoisotopic (exact) mass is 322 g/mol. The van der Waals surface area contributed by atoms with Gasteiger partial charge in [0.05, 0.1) is 26.0 Å². The first-order valence-corrected chi connectivity index (χ1v) is 8.84. The Balaban J connectivity index is 1.91. The molecule has 1 aliphatic heterocycles. The molecular formula is C15H18N2O2S2. The van der Waals surface area contributed by atoms with Crippen LogP contribution in [0.15, 0.2) is 23.6 Å². The normalized spacial score (nSPS) is 18.5. The number of benzene rings is 1. The molecule has 1 aliphatic rings. The van der Waals surface area contributed by atoms with E-state index in [1.165, 1.54) is 5.75 Å². The molecule has 1 aromatic carbocycles. The van der Waals surface area contributed by atoms with Gasteiger partial charge in [-0.25, -0.2) is 4.98 Å². The van der Waals surface area contributed by atoms with Crippen LogP contribution in [-0.2, 0) is 0 Å². The van der Waals surface area contributed by atoms with Gasteiger partial charge < -0.3 is 14.8 Å². The summed E-state index contributed by atoms with van der Waals surface area (Å²) in [6.07, 6.45) is 0. The summed E-state index contributed by atoms with van der Waals surface area (Å²) in [4.78, 5) is 4.80. The smallest absolute Gasteiger partial charge is 0.128 e. The number of thioether (sulfide) groups is 1. The lowest BCUT2D eigenvalue weighted by Crippen LogP contribution is -2.30. The van der Waals surface area contributed by atoms with Crippen LogP contribution in [0.4, 0.5) is 0 Å². The minimum atomic E-state index is 0.360. The third-order valence-electron chi connectivity index (χ3n) is 3.42. The van der Waals surface area contributed by atoms with Gasteiger partial charge in [0.15, 0.2) is 0 Å². The van der Waals surface area contributed by atoms with Gasteiger partial charge in [-0.15, -0.1) is 11.3 Å². The Morgan fingerprint density at radius 3 is 2.90 bits per heavy atom. The highest BCUT2D eigenvalue weighted by Gasteiger charge is 2.19. The van der Waals surface area contributed by atoms with Gasteiger partial charge in [-0.2, -0.15) is 11.8 Å². The van der Waals surface area contributed by atoms with E-state index in [1.807, 2.05) is 30.0 Å². The number of nitrogens with zero attached hydrogens (tertiary/aromatic N) is 1. The summed E-state index contributed by atoms with van der Waals surface area (Å²) in [5, 5.41) is 6.75. The fourth-order valence-electron chi connectivity index (χ4n) is 2.31. The molecule has 0 bridgehead atoms. The zero-order valence-electron chi connectivity index (χ0n) is 12.1. The van der Waals surface area contributed by atoms with Crippen molar-refractivity contribution in [2.45, 2.75) is 6.04 Å². The van der Waals surface area contributed by atoms with E-state index in [9.17, 15) is 0 Å². The summed E-state index contributed by atoms with van der Waals surface area (Å²) >= 11 is 3.68. The van der Waals surface area contributed by atoms with Crippen LogP contribution in [0.1, 0.15) is 11.0 Å². The summed E-state index contributed by atoms with van der Waals surface area (Å²) in [6, 6.07) is 6.15. The lowest BCUT2D eigenvalue weighted by atomic mass is 10.1. The van der Waals surface area contributed by atoms with Crippen LogP contribution in [0, 0.1) is 0 Å². The summed E-state index contributed by atoms with van der Waals surface area (Å²) < 4.78 is 10.7. The lowest BCUT2D eigenvalue weighted by molar-refractivity contribution is 0.404. The predicted molar refractivity (Wildman–Crippen MR) is 88.7 cm³/mol. The largest absolute Gasteiger partial charge is 0.497 e. The first kappa shape index (κ1) is 14.7. The molecule has 0 saturated carbocycles. The van der Waals surface area contributed by atoms with Gasteiger partial charge in [0.25, 0.3) is 0 Å². The van der Waals surface area contributed by atoms with Crippen molar-refractivity contribution in [3.05, 3.63) is 28.6 Å². The second-order valence-corrected chi connectivity index (χ2v) is 6.76. The highest BCUT2D eigenvalue weighted by atomic mass is 32.2. The highest BCUT2D eigenvalue weighted by molar-refractivity contribution is 7.99. The number of hydrogen-bond donors (Lipinski definition) is 1. The molecule has 1 atom stereocenters. The van der Waals surface area contributed by atoms with Crippen LogP contribution < -0.4 is 14.8 Å². The molecule has 0 radical (unpaired) electrons. The first-order chi connectivity index (χ1) is 10.3. The van der Waals surface area contributed by atoms with Crippen molar-refractivity contribution in [3.8, 4) is 22.8 Å². The van der Waals surface area contributed by atoms with E-state index in [0.717, 1.165) is 40.1 Å². The van der Waals surface area contributed by atoms with E-state index < -0.39 is 0 Å². The van der Waals surface area contributed by atoms with E-state index >= 15 is 0 Å². The van der Waals surface area contributed by atoms with Crippen LogP contribution in [0.5, 0.6) is 11.5 Å². The topological polar surface area (TPSA) is 43.4 Å². The number of aromatic nitrogens is 1. The van der Waals surface area contributed by atoms with Crippen LogP contribution in [0.3, 0.4) is 0 Å². The number of thiazole rings is 1. The van der Waals surface area contributed by atoms with E-state index in [-0.39, 0.29) is 0 Å². The average molecular weight is 322 g/mol. The summed E-state index contributed by atoms with van der Waals surface area (Å²) in [5.74, 6) is 3.89. The van der Waals surface area contributed by atoms with Crippen LogP contribution in [0.2, 0.25) is 0 Å². The quantitative estimate of drug-likeness (QED) is 0.936. The fraction of sp³-hybridized carbons (Fsp3) is 0.400. The van der Waals surface area contributed by atoms with E-state index in [2.05, 4.69) is 10.7 Å². The van der Waals surface area contributed by atoms with Crippen molar-refractivity contribution in [1.29, 1.82) is 0 Å². The molecule has 2 heterocycles. The van der Waals surface area contributed by atoms with Crippen molar-refractivity contribution in [1.82, 2.24) is 10.3 Å². The number of ether oxygens (including phenoxy) is 2. The molecule has 1 saturated heterocycles. The number of nitrogens with one attached hydrogen (secondary N) is 1. The molecule has 1 fully saturated rings. The second-order valence-electron chi connectivity index (χ2n) is 4.72. The Morgan fingerprint density at radius 1 is 1.29 bits per heavy atom. The number of hydrogen-bond acceptors (Lipinski definition) is 6. The Labute approximate surface area is 132 Å². The Morgan fingerprint density at radius 2 is 2.19 bits per heavy atom. The third-order valence-corrected chi connectivity index (χ3v) is 5.44. The number of rotatable bonds is 4. The van der Waals surface area contributed by atoms with Gasteiger partial charge in [-0.05, 0) is 18.2 Å². The first-order valence-electron chi connectivity index (χ1n) is 6.80. The summed E-state index contributed by atoms with van der Waals surface area (Å²) in [5.41, 5.74) is 1.92. The van der Waals surface area contributed by atoms with Gasteiger partial charge in [-0.1, -0.05) is 0 Å². The standard InChI is InChI=1S/C15H18N2O2S2/c1-18-10-3-4-14(19-2)11(7-10)12-9-21-15(17-12)13-8-20-6-5-16-13/h3-4,7,9,13,16H,5-6,8H2,1-2H3. The van der Waals surface area contributed by atoms with Gasteiger partial charge >= 0.3 is 0 Å². The molecule has 1 aromatic heterocycles. The van der Waals surface area contributed by atoms with Crippen LogP contribution >= 0.6 is 23.1 Å². The Bertz CT molecular complexity index is 609. The minimum Gasteiger partial charge on any atom is -0.497 e. The minimum absolute atomic E-state index is 0.360. The molecule has 21 heavy (non-hydrogen) atoms. The number of methoxy groups -OCH3 is 2. The van der Waals surface area contributed by atoms with Crippen molar-refractivity contribution in [2.75, 3.05) is 32.3 Å². The summed E-state index contributed by atoms with van der Waals surface area (Å²) in [7, 11) is 3.35. The molecular weight excluding hydrogens is 304 g/mol. The van der Waals surface area contributed by atoms with Gasteiger partial charge in [0, 0.05) is 29.0 Å². The van der Waals surface area contributed by atoms with Gasteiger partial charge in [-0.3, -0.25) is 0 Å². The molecule has 4 nitrogen and oxygen atoms in total. The SMILES string of the molecule is COc1ccc(OC)c(-c2csc(C3CSCCN3)n2)c1. The molecule has 112 valence electrons. The molecule has 1 unspecified atom stereocenters. The zero-order chi connectivity index (χ0) is 14.7. The molecule has 0 amide bonds. The average Bonchev–Trinajstić information content (AvgIpc) is 3.05. The van der Waals surface area contributed by atoms with E-state index in [0.29, 0.717) is 6.04 Å². The van der Waals surface area contributed by atoms with Gasteiger partial charge in [0.2, 0.25) is 0 Å². The van der Waals surface area contributed by atoms with Crippen LogP contribution in [0.25, 0.3) is 11.3 Å². The molecule has 3 rings (SSSR count). The molecule has 0 spiro atoms. The van der Waals surface area contributed by atoms with Crippen molar-refractivity contribution in [3.63, 3.8) is 0 Å². The molecule has 0 aliphatic carbocycles. The highest BCUT2D eigenvalue weighted by Crippen LogP contribution is 2.35. The zero-order valence-corrected chi connectivity index (χ0v) is 13.7. The Hall–Kier alpha value is -1.24. The van der Waals surface area contributed by atoms with Crippen molar-refractivity contribution >= 4 is 23.1 Å². The summed E-state index contributed by atoms with van der Waals surface area (Å²) in [6.45, 7) is 1.05. The maximum absolute atomic E-state index is 5.44. The third kappa shape index (κ3) is 3.17. The van der Waals surface area contributed by atoms with Crippen molar-refractivity contribution in [2.24, 2.45) is 0 Å². The maximum Gasteiger partial charge on any atom is 0.128 e. The lowest BCUT2D eigenvalue weighted by Gasteiger charge is -2.20. The van der Waals surface area contributed by atoms with Crippen LogP contribution in [-0.4, -0.2) is 37.3 Å². The molecule has 1 N–H and O–H groups in total. The van der Waals surface area contributed by atoms with E-state index in [1.54, 1.807) is 25.6 Å². The van der Waals surface area contributed by atoms with Gasteiger partial charge in [0.1, 0.15) is 16.5 Å². The van der Waals surface area contributed by atoms with E-state index in [4.69, 9.17) is 14.5 Å². The maximum atomic E-state index is 5.44. The Kier molecular flexibility index (Phi) is 4.67. The molecule has 6 heteroatoms. The second kappa shape index (κ2) is 6.68. The predicted octanol–water partition coefficient (Wildman–Crippen LogP) is 3.20. The fourth-order valence-corrected chi connectivity index (χ4v) is 4.25. The molecule has 2 aromatic rings. The van der Waals surface area contributed by atoms with Crippen molar-refractivity contribution < 1.29 is 9.47 Å².